The first-order valence-corrected chi connectivity index (χ1v) is 8.60. The first kappa shape index (κ1) is 17.1. The molecular weight excluding hydrogens is 284 g/mol. The van der Waals surface area contributed by atoms with Crippen molar-refractivity contribution in [3.05, 3.63) is 0 Å². The van der Waals surface area contributed by atoms with E-state index in [-0.39, 0.29) is 23.9 Å². The third kappa shape index (κ3) is 3.39. The summed E-state index contributed by atoms with van der Waals surface area (Å²) in [5.41, 5.74) is 6.60. The van der Waals surface area contributed by atoms with E-state index in [0.29, 0.717) is 11.3 Å². The maximum atomic E-state index is 12.9. The first-order valence-electron chi connectivity index (χ1n) is 8.60. The summed E-state index contributed by atoms with van der Waals surface area (Å²) < 4.78 is 0. The highest BCUT2D eigenvalue weighted by molar-refractivity contribution is 5.85. The summed E-state index contributed by atoms with van der Waals surface area (Å²) in [7, 11) is 0. The first-order chi connectivity index (χ1) is 9.53. The van der Waals surface area contributed by atoms with Crippen LogP contribution in [0.2, 0.25) is 0 Å². The average molecular weight is 315 g/mol. The molecule has 4 heteroatoms. The van der Waals surface area contributed by atoms with E-state index in [2.05, 4.69) is 11.8 Å². The van der Waals surface area contributed by atoms with E-state index in [1.54, 1.807) is 0 Å². The lowest BCUT2D eigenvalue weighted by molar-refractivity contribution is -0.138. The van der Waals surface area contributed by atoms with Crippen LogP contribution in [0.25, 0.3) is 0 Å². The van der Waals surface area contributed by atoms with Crippen LogP contribution in [0.3, 0.4) is 0 Å². The molecule has 122 valence electrons. The normalized spacial score (nSPS) is 35.5. The maximum Gasteiger partial charge on any atom is 0.227 e. The monoisotopic (exact) mass is 314 g/mol. The maximum absolute atomic E-state index is 12.9. The number of nitrogens with zero attached hydrogens (tertiary/aromatic N) is 1. The predicted molar refractivity (Wildman–Crippen MR) is 88.5 cm³/mol. The fourth-order valence-electron chi connectivity index (χ4n) is 4.82. The molecule has 3 nitrogen and oxygen atoms in total. The van der Waals surface area contributed by atoms with Crippen LogP contribution in [0.1, 0.15) is 71.1 Å². The Labute approximate surface area is 135 Å². The fraction of sp³-hybridized carbons (Fsp3) is 0.941. The van der Waals surface area contributed by atoms with Crippen molar-refractivity contribution in [3.8, 4) is 0 Å². The summed E-state index contributed by atoms with van der Waals surface area (Å²) in [4.78, 5) is 15.0. The molecule has 0 radical (unpaired) electrons. The molecule has 1 amide bonds. The Morgan fingerprint density at radius 3 is 2.38 bits per heavy atom. The molecule has 21 heavy (non-hydrogen) atoms. The Bertz CT molecular complexity index is 377. The van der Waals surface area contributed by atoms with Crippen LogP contribution in [0, 0.1) is 11.3 Å². The molecule has 1 saturated heterocycles. The van der Waals surface area contributed by atoms with E-state index in [4.69, 9.17) is 5.73 Å². The lowest BCUT2D eigenvalue weighted by atomic mass is 9.73. The van der Waals surface area contributed by atoms with E-state index in [1.165, 1.54) is 51.4 Å². The van der Waals surface area contributed by atoms with Crippen molar-refractivity contribution in [2.75, 3.05) is 13.1 Å². The van der Waals surface area contributed by atoms with Gasteiger partial charge in [0.15, 0.2) is 0 Å². The van der Waals surface area contributed by atoms with E-state index < -0.39 is 0 Å². The van der Waals surface area contributed by atoms with Gasteiger partial charge in [-0.3, -0.25) is 4.79 Å². The highest BCUT2D eigenvalue weighted by Crippen LogP contribution is 2.44. The molecule has 0 aromatic heterocycles. The van der Waals surface area contributed by atoms with E-state index in [9.17, 15) is 4.79 Å². The zero-order valence-electron chi connectivity index (χ0n) is 13.4. The highest BCUT2D eigenvalue weighted by atomic mass is 35.5. The lowest BCUT2D eigenvalue weighted by Crippen LogP contribution is -2.53. The summed E-state index contributed by atoms with van der Waals surface area (Å²) >= 11 is 0. The van der Waals surface area contributed by atoms with Gasteiger partial charge in [0.05, 0.1) is 5.92 Å². The summed E-state index contributed by atoms with van der Waals surface area (Å²) in [6.45, 7) is 4.07. The number of likely N-dealkylation sites (tertiary alicyclic amines) is 1. The molecule has 1 aliphatic heterocycles. The Kier molecular flexibility index (Phi) is 5.25. The molecule has 3 rings (SSSR count). The van der Waals surface area contributed by atoms with Gasteiger partial charge in [-0.1, -0.05) is 32.1 Å². The van der Waals surface area contributed by atoms with Crippen molar-refractivity contribution >= 4 is 18.3 Å². The summed E-state index contributed by atoms with van der Waals surface area (Å²) in [5, 5.41) is 0. The molecule has 1 heterocycles. The predicted octanol–water partition coefficient (Wildman–Crippen LogP) is 3.50. The van der Waals surface area contributed by atoms with Crippen molar-refractivity contribution in [2.24, 2.45) is 17.1 Å². The molecule has 3 aliphatic rings. The van der Waals surface area contributed by atoms with Gasteiger partial charge in [-0.25, -0.2) is 0 Å². The number of carbonyl (C=O) groups is 1. The molecular formula is C17H31ClN2O. The zero-order valence-corrected chi connectivity index (χ0v) is 14.2. The van der Waals surface area contributed by atoms with Gasteiger partial charge in [0, 0.05) is 18.6 Å². The van der Waals surface area contributed by atoms with Gasteiger partial charge in [0.1, 0.15) is 0 Å². The zero-order chi connectivity index (χ0) is 14.2. The van der Waals surface area contributed by atoms with Gasteiger partial charge in [-0.05, 0) is 44.4 Å². The number of nitrogens with two attached hydrogens (primary N) is 1. The van der Waals surface area contributed by atoms with Crippen LogP contribution in [-0.2, 0) is 4.79 Å². The van der Waals surface area contributed by atoms with Crippen LogP contribution < -0.4 is 5.73 Å². The fourth-order valence-corrected chi connectivity index (χ4v) is 4.82. The largest absolute Gasteiger partial charge is 0.342 e. The number of hydrogen-bond acceptors (Lipinski definition) is 2. The molecule has 0 bridgehead atoms. The molecule has 1 spiro atoms. The average Bonchev–Trinajstić information content (AvgIpc) is 2.82. The van der Waals surface area contributed by atoms with Gasteiger partial charge >= 0.3 is 0 Å². The van der Waals surface area contributed by atoms with Crippen LogP contribution in [0.15, 0.2) is 0 Å². The molecule has 0 aromatic rings. The highest BCUT2D eigenvalue weighted by Gasteiger charge is 2.45. The summed E-state index contributed by atoms with van der Waals surface area (Å²) in [6.07, 6.45) is 12.4. The van der Waals surface area contributed by atoms with Crippen molar-refractivity contribution in [1.82, 2.24) is 4.90 Å². The second-order valence-electron chi connectivity index (χ2n) is 7.87. The van der Waals surface area contributed by atoms with Crippen LogP contribution in [-0.4, -0.2) is 29.4 Å². The van der Waals surface area contributed by atoms with E-state index in [0.717, 1.165) is 25.9 Å². The van der Waals surface area contributed by atoms with Crippen LogP contribution >= 0.6 is 12.4 Å². The van der Waals surface area contributed by atoms with Gasteiger partial charge in [-0.2, -0.15) is 0 Å². The van der Waals surface area contributed by atoms with Gasteiger partial charge < -0.3 is 10.6 Å². The molecule has 2 aliphatic carbocycles. The third-order valence-corrected chi connectivity index (χ3v) is 6.22. The van der Waals surface area contributed by atoms with Gasteiger partial charge in [-0.15, -0.1) is 12.4 Å². The Hall–Kier alpha value is -0.280. The SMILES string of the molecule is CC1(N)CCCCC1C(=O)N1CCC2(CCCCC2)C1.Cl. The Morgan fingerprint density at radius 1 is 1.05 bits per heavy atom. The Morgan fingerprint density at radius 2 is 1.71 bits per heavy atom. The summed E-state index contributed by atoms with van der Waals surface area (Å²) in [5.74, 6) is 0.423. The molecule has 2 saturated carbocycles. The van der Waals surface area contributed by atoms with Crippen molar-refractivity contribution in [1.29, 1.82) is 0 Å². The lowest BCUT2D eigenvalue weighted by Gasteiger charge is -2.40. The minimum absolute atomic E-state index is 0. The number of carbonyl (C=O) groups excluding carboxylic acids is 1. The number of amides is 1. The number of hydrogen-bond donors (Lipinski definition) is 1. The van der Waals surface area contributed by atoms with Gasteiger partial charge in [0.25, 0.3) is 0 Å². The second-order valence-corrected chi connectivity index (χ2v) is 7.87. The molecule has 3 fully saturated rings. The molecule has 2 N–H and O–H groups in total. The minimum Gasteiger partial charge on any atom is -0.342 e. The third-order valence-electron chi connectivity index (χ3n) is 6.22. The quantitative estimate of drug-likeness (QED) is 0.805. The van der Waals surface area contributed by atoms with Gasteiger partial charge in [0.2, 0.25) is 5.91 Å². The Balaban J connectivity index is 0.00000161. The van der Waals surface area contributed by atoms with Crippen LogP contribution in [0.4, 0.5) is 0 Å². The van der Waals surface area contributed by atoms with Crippen molar-refractivity contribution in [3.63, 3.8) is 0 Å². The summed E-state index contributed by atoms with van der Waals surface area (Å²) in [6, 6.07) is 0. The molecule has 2 unspecified atom stereocenters. The van der Waals surface area contributed by atoms with E-state index >= 15 is 0 Å². The minimum atomic E-state index is -0.280. The molecule has 0 aromatic carbocycles. The van der Waals surface area contributed by atoms with E-state index in [1.807, 2.05) is 0 Å². The molecule has 2 atom stereocenters. The smallest absolute Gasteiger partial charge is 0.227 e. The number of rotatable bonds is 1. The second kappa shape index (κ2) is 6.45. The van der Waals surface area contributed by atoms with Crippen LogP contribution in [0.5, 0.6) is 0 Å². The topological polar surface area (TPSA) is 46.3 Å². The standard InChI is InChI=1S/C17H30N2O.ClH/c1-16(18)8-6-3-7-14(16)15(20)19-12-11-17(13-19)9-4-2-5-10-17;/h14H,2-13,18H2,1H3;1H. The van der Waals surface area contributed by atoms with Crippen molar-refractivity contribution < 1.29 is 4.79 Å². The number of halogens is 1. The van der Waals surface area contributed by atoms with Crippen molar-refractivity contribution in [2.45, 2.75) is 76.7 Å².